The smallest absolute Gasteiger partial charge is 0.228 e. The van der Waals surface area contributed by atoms with Gasteiger partial charge in [-0.25, -0.2) is 0 Å². The molecule has 1 fully saturated rings. The number of ether oxygens (including phenoxy) is 1. The highest BCUT2D eigenvalue weighted by atomic mass is 32.1. The number of fused-ring (bicyclic) bond motifs is 1. The third kappa shape index (κ3) is 2.57. The Balaban J connectivity index is 1.78. The average molecular weight is 291 g/mol. The summed E-state index contributed by atoms with van der Waals surface area (Å²) in [6.07, 6.45) is 2.39. The lowest BCUT2D eigenvalue weighted by Gasteiger charge is -2.20. The van der Waals surface area contributed by atoms with Crippen molar-refractivity contribution in [1.29, 1.82) is 5.26 Å². The maximum absolute atomic E-state index is 12.3. The number of nitriles is 1. The largest absolute Gasteiger partial charge is 0.381 e. The van der Waals surface area contributed by atoms with E-state index in [9.17, 15) is 10.1 Å². The number of nitrogens with zero attached hydrogens (tertiary/aromatic N) is 1. The molecule has 2 N–H and O–H groups in total. The number of carbonyl (C=O) groups excluding carboxylic acids is 1. The summed E-state index contributed by atoms with van der Waals surface area (Å²) in [7, 11) is 0. The minimum atomic E-state index is 0.00699. The van der Waals surface area contributed by atoms with E-state index in [0.29, 0.717) is 18.8 Å². The molecule has 1 aromatic heterocycles. The van der Waals surface area contributed by atoms with Gasteiger partial charge in [-0.05, 0) is 31.4 Å². The van der Waals surface area contributed by atoms with Crippen molar-refractivity contribution in [1.82, 2.24) is 5.32 Å². The maximum Gasteiger partial charge on any atom is 0.228 e. The molecule has 0 aliphatic carbocycles. The topological polar surface area (TPSA) is 74.2 Å². The van der Waals surface area contributed by atoms with E-state index in [-0.39, 0.29) is 11.8 Å². The van der Waals surface area contributed by atoms with Gasteiger partial charge in [-0.3, -0.25) is 4.79 Å². The van der Waals surface area contributed by atoms with Gasteiger partial charge in [-0.15, -0.1) is 11.3 Å². The van der Waals surface area contributed by atoms with Gasteiger partial charge in [0, 0.05) is 30.6 Å². The lowest BCUT2D eigenvalue weighted by Crippen LogP contribution is -2.28. The number of amides is 1. The molecule has 2 aliphatic rings. The highest BCUT2D eigenvalue weighted by Gasteiger charge is 2.25. The van der Waals surface area contributed by atoms with E-state index in [2.05, 4.69) is 16.7 Å². The molecule has 1 amide bonds. The van der Waals surface area contributed by atoms with Gasteiger partial charge in [0.1, 0.15) is 11.1 Å². The lowest BCUT2D eigenvalue weighted by atomic mass is 9.99. The molecule has 20 heavy (non-hydrogen) atoms. The quantitative estimate of drug-likeness (QED) is 0.868. The van der Waals surface area contributed by atoms with Crippen molar-refractivity contribution in [3.05, 3.63) is 16.0 Å². The molecule has 0 spiro atoms. The summed E-state index contributed by atoms with van der Waals surface area (Å²) in [4.78, 5) is 13.4. The molecule has 1 aromatic rings. The Labute approximate surface area is 121 Å². The second kappa shape index (κ2) is 5.92. The molecule has 106 valence electrons. The molecular weight excluding hydrogens is 274 g/mol. The molecule has 3 heterocycles. The molecule has 0 unspecified atom stereocenters. The van der Waals surface area contributed by atoms with E-state index in [1.54, 1.807) is 0 Å². The third-order valence-corrected chi connectivity index (χ3v) is 5.02. The number of rotatable bonds is 2. The van der Waals surface area contributed by atoms with Crippen LogP contribution in [0.5, 0.6) is 0 Å². The molecule has 6 heteroatoms. The van der Waals surface area contributed by atoms with Crippen molar-refractivity contribution in [3.8, 4) is 6.07 Å². The fraction of sp³-hybridized carbons (Fsp3) is 0.571. The first-order valence-corrected chi connectivity index (χ1v) is 7.75. The van der Waals surface area contributed by atoms with E-state index in [1.807, 2.05) is 0 Å². The minimum Gasteiger partial charge on any atom is -0.381 e. The fourth-order valence-corrected chi connectivity index (χ4v) is 3.89. The number of hydrogen-bond donors (Lipinski definition) is 2. The van der Waals surface area contributed by atoms with Crippen LogP contribution in [0.1, 0.15) is 28.8 Å². The van der Waals surface area contributed by atoms with Gasteiger partial charge in [0.05, 0.1) is 5.56 Å². The zero-order valence-corrected chi connectivity index (χ0v) is 12.0. The van der Waals surface area contributed by atoms with Crippen molar-refractivity contribution < 1.29 is 9.53 Å². The zero-order chi connectivity index (χ0) is 13.9. The predicted molar refractivity (Wildman–Crippen MR) is 76.6 cm³/mol. The van der Waals surface area contributed by atoms with E-state index >= 15 is 0 Å². The first kappa shape index (κ1) is 13.6. The molecule has 0 saturated carbocycles. The predicted octanol–water partition coefficient (Wildman–Crippen LogP) is 1.63. The molecule has 1 saturated heterocycles. The van der Waals surface area contributed by atoms with Gasteiger partial charge < -0.3 is 15.4 Å². The average Bonchev–Trinajstić information content (AvgIpc) is 2.85. The Hall–Kier alpha value is -1.42. The van der Waals surface area contributed by atoms with Gasteiger partial charge in [0.15, 0.2) is 0 Å². The molecule has 5 nitrogen and oxygen atoms in total. The first-order chi connectivity index (χ1) is 9.79. The second-order valence-electron chi connectivity index (χ2n) is 5.12. The molecule has 3 rings (SSSR count). The van der Waals surface area contributed by atoms with E-state index in [1.165, 1.54) is 16.2 Å². The minimum absolute atomic E-state index is 0.00699. The molecule has 2 aliphatic heterocycles. The van der Waals surface area contributed by atoms with Crippen LogP contribution in [0.4, 0.5) is 5.00 Å². The van der Waals surface area contributed by atoms with E-state index < -0.39 is 0 Å². The Morgan fingerprint density at radius 3 is 3.00 bits per heavy atom. The standard InChI is InChI=1S/C14H17N3O2S/c15-7-11-10-1-4-16-8-12(10)20-14(11)17-13(18)9-2-5-19-6-3-9/h9,16H,1-6,8H2,(H,17,18). The molecule has 0 bridgehead atoms. The van der Waals surface area contributed by atoms with Crippen molar-refractivity contribution in [2.24, 2.45) is 5.92 Å². The summed E-state index contributed by atoms with van der Waals surface area (Å²) in [6.45, 7) is 2.98. The summed E-state index contributed by atoms with van der Waals surface area (Å²) < 4.78 is 5.27. The number of anilines is 1. The highest BCUT2D eigenvalue weighted by molar-refractivity contribution is 7.16. The first-order valence-electron chi connectivity index (χ1n) is 6.93. The summed E-state index contributed by atoms with van der Waals surface area (Å²) in [5, 5.41) is 16.3. The Bertz CT molecular complexity index is 556. The maximum atomic E-state index is 12.3. The monoisotopic (exact) mass is 291 g/mol. The summed E-state index contributed by atoms with van der Waals surface area (Å²) in [5.74, 6) is 0.0314. The molecular formula is C14H17N3O2S. The lowest BCUT2D eigenvalue weighted by molar-refractivity contribution is -0.122. The normalized spacial score (nSPS) is 19.1. The van der Waals surface area contributed by atoms with Gasteiger partial charge in [0.2, 0.25) is 5.91 Å². The highest BCUT2D eigenvalue weighted by Crippen LogP contribution is 2.35. The van der Waals surface area contributed by atoms with Crippen LogP contribution in [0, 0.1) is 17.2 Å². The fourth-order valence-electron chi connectivity index (χ4n) is 2.71. The van der Waals surface area contributed by atoms with Crippen molar-refractivity contribution >= 4 is 22.2 Å². The summed E-state index contributed by atoms with van der Waals surface area (Å²) >= 11 is 1.53. The Morgan fingerprint density at radius 2 is 2.25 bits per heavy atom. The van der Waals surface area contributed by atoms with Crippen LogP contribution in [-0.2, 0) is 22.5 Å². The zero-order valence-electron chi connectivity index (χ0n) is 11.2. The van der Waals surface area contributed by atoms with E-state index in [0.717, 1.165) is 42.9 Å². The van der Waals surface area contributed by atoms with Crippen LogP contribution in [-0.4, -0.2) is 25.7 Å². The van der Waals surface area contributed by atoms with Crippen LogP contribution in [0.15, 0.2) is 0 Å². The number of thiophene rings is 1. The van der Waals surface area contributed by atoms with Gasteiger partial charge in [-0.2, -0.15) is 5.26 Å². The Morgan fingerprint density at radius 1 is 1.45 bits per heavy atom. The van der Waals surface area contributed by atoms with Crippen LogP contribution >= 0.6 is 11.3 Å². The van der Waals surface area contributed by atoms with Crippen molar-refractivity contribution in [2.75, 3.05) is 25.1 Å². The summed E-state index contributed by atoms with van der Waals surface area (Å²) in [6, 6.07) is 2.26. The molecule has 0 aromatic carbocycles. The number of nitrogens with one attached hydrogen (secondary N) is 2. The SMILES string of the molecule is N#Cc1c(NC(=O)C2CCOCC2)sc2c1CCNC2. The van der Waals surface area contributed by atoms with E-state index in [4.69, 9.17) is 4.74 Å². The Kier molecular flexibility index (Phi) is 4.01. The second-order valence-corrected chi connectivity index (χ2v) is 6.23. The molecule has 0 atom stereocenters. The van der Waals surface area contributed by atoms with Gasteiger partial charge in [0.25, 0.3) is 0 Å². The third-order valence-electron chi connectivity index (χ3n) is 3.87. The van der Waals surface area contributed by atoms with Crippen LogP contribution in [0.3, 0.4) is 0 Å². The van der Waals surface area contributed by atoms with Crippen molar-refractivity contribution in [3.63, 3.8) is 0 Å². The summed E-state index contributed by atoms with van der Waals surface area (Å²) in [5.41, 5.74) is 1.77. The van der Waals surface area contributed by atoms with Gasteiger partial charge in [-0.1, -0.05) is 0 Å². The van der Waals surface area contributed by atoms with Crippen LogP contribution in [0.2, 0.25) is 0 Å². The molecule has 0 radical (unpaired) electrons. The number of hydrogen-bond acceptors (Lipinski definition) is 5. The number of carbonyl (C=O) groups is 1. The van der Waals surface area contributed by atoms with Crippen LogP contribution in [0.25, 0.3) is 0 Å². The van der Waals surface area contributed by atoms with Crippen LogP contribution < -0.4 is 10.6 Å². The van der Waals surface area contributed by atoms with Crippen molar-refractivity contribution in [2.45, 2.75) is 25.8 Å². The van der Waals surface area contributed by atoms with Gasteiger partial charge >= 0.3 is 0 Å².